The summed E-state index contributed by atoms with van der Waals surface area (Å²) in [7, 11) is -3.63. The smallest absolute Gasteiger partial charge is 0.228 e. The number of ether oxygens (including phenoxy) is 1. The van der Waals surface area contributed by atoms with Gasteiger partial charge >= 0.3 is 0 Å². The molecule has 1 saturated heterocycles. The normalized spacial score (nSPS) is 18.9. The van der Waals surface area contributed by atoms with Crippen molar-refractivity contribution in [3.05, 3.63) is 47.8 Å². The van der Waals surface area contributed by atoms with Crippen molar-refractivity contribution in [3.8, 4) is 0 Å². The van der Waals surface area contributed by atoms with Crippen LogP contribution in [0.15, 0.2) is 41.7 Å². The summed E-state index contributed by atoms with van der Waals surface area (Å²) >= 11 is 0. The SMILES string of the molecule is CC(C)Cn1c(CN(C[C@H]2CCCO2)C(=O)C2CC2)cnc1S(=O)(=O)Cc1ccccc1. The molecule has 0 bridgehead atoms. The molecule has 2 aliphatic rings. The molecule has 1 aromatic heterocycles. The number of hydrogen-bond donors (Lipinski definition) is 0. The standard InChI is InChI=1S/C24H33N3O4S/c1-18(2)14-27-21(13-25-24(27)32(29,30)17-19-7-4-3-5-8-19)15-26(23(28)20-10-11-20)16-22-9-6-12-31-22/h3-5,7-8,13,18,20,22H,6,9-12,14-17H2,1-2H3/t22-/m1/s1. The number of carbonyl (C=O) groups is 1. The van der Waals surface area contributed by atoms with E-state index in [2.05, 4.69) is 18.8 Å². The molecule has 1 atom stereocenters. The van der Waals surface area contributed by atoms with Crippen LogP contribution in [0.3, 0.4) is 0 Å². The highest BCUT2D eigenvalue weighted by atomic mass is 32.2. The summed E-state index contributed by atoms with van der Waals surface area (Å²) in [4.78, 5) is 19.2. The van der Waals surface area contributed by atoms with Gasteiger partial charge in [0.1, 0.15) is 0 Å². The first-order valence-corrected chi connectivity index (χ1v) is 13.2. The van der Waals surface area contributed by atoms with Gasteiger partial charge in [-0.3, -0.25) is 4.79 Å². The number of imidazole rings is 1. The van der Waals surface area contributed by atoms with E-state index in [0.717, 1.165) is 43.5 Å². The third kappa shape index (κ3) is 5.59. The predicted molar refractivity (Wildman–Crippen MR) is 122 cm³/mol. The lowest BCUT2D eigenvalue weighted by Crippen LogP contribution is -2.38. The van der Waals surface area contributed by atoms with E-state index in [-0.39, 0.29) is 34.8 Å². The number of aromatic nitrogens is 2. The van der Waals surface area contributed by atoms with Crippen LogP contribution in [-0.2, 0) is 38.2 Å². The fourth-order valence-electron chi connectivity index (χ4n) is 4.24. The first kappa shape index (κ1) is 23.0. The average Bonchev–Trinajstić information content (AvgIpc) is 3.33. The Bertz CT molecular complexity index is 1020. The van der Waals surface area contributed by atoms with Gasteiger partial charge in [-0.2, -0.15) is 0 Å². The second-order valence-corrected chi connectivity index (χ2v) is 11.3. The Hall–Kier alpha value is -2.19. The molecule has 0 N–H and O–H groups in total. The van der Waals surface area contributed by atoms with Gasteiger partial charge in [0.2, 0.25) is 20.9 Å². The van der Waals surface area contributed by atoms with E-state index in [1.54, 1.807) is 10.8 Å². The molecular formula is C24H33N3O4S. The molecule has 1 amide bonds. The fourth-order valence-corrected chi connectivity index (χ4v) is 5.74. The Kier molecular flexibility index (Phi) is 7.00. The summed E-state index contributed by atoms with van der Waals surface area (Å²) < 4.78 is 34.1. The monoisotopic (exact) mass is 459 g/mol. The van der Waals surface area contributed by atoms with Crippen LogP contribution in [0.1, 0.15) is 50.8 Å². The first-order valence-electron chi connectivity index (χ1n) is 11.5. The Morgan fingerprint density at radius 3 is 2.59 bits per heavy atom. The Balaban J connectivity index is 1.60. The molecule has 2 aromatic rings. The maximum absolute atomic E-state index is 13.2. The van der Waals surface area contributed by atoms with E-state index in [4.69, 9.17) is 4.74 Å². The van der Waals surface area contributed by atoms with Crippen molar-refractivity contribution in [2.75, 3.05) is 13.2 Å². The zero-order valence-electron chi connectivity index (χ0n) is 18.9. The van der Waals surface area contributed by atoms with Crippen LogP contribution < -0.4 is 0 Å². The van der Waals surface area contributed by atoms with Gasteiger partial charge in [-0.05, 0) is 37.2 Å². The van der Waals surface area contributed by atoms with Gasteiger partial charge in [-0.25, -0.2) is 13.4 Å². The van der Waals surface area contributed by atoms with Crippen molar-refractivity contribution >= 4 is 15.7 Å². The minimum atomic E-state index is -3.63. The molecule has 2 heterocycles. The second kappa shape index (κ2) is 9.75. The second-order valence-electron chi connectivity index (χ2n) is 9.41. The van der Waals surface area contributed by atoms with Gasteiger partial charge in [0.25, 0.3) is 0 Å². The molecule has 4 rings (SSSR count). The van der Waals surface area contributed by atoms with E-state index < -0.39 is 9.84 Å². The number of nitrogens with zero attached hydrogens (tertiary/aromatic N) is 3. The van der Waals surface area contributed by atoms with Crippen LogP contribution in [0.4, 0.5) is 0 Å². The number of hydrogen-bond acceptors (Lipinski definition) is 5. The highest BCUT2D eigenvalue weighted by Gasteiger charge is 2.36. The zero-order valence-corrected chi connectivity index (χ0v) is 19.8. The summed E-state index contributed by atoms with van der Waals surface area (Å²) in [6, 6.07) is 9.16. The third-order valence-corrected chi connectivity index (χ3v) is 7.56. The summed E-state index contributed by atoms with van der Waals surface area (Å²) in [6.45, 7) is 6.28. The van der Waals surface area contributed by atoms with Gasteiger partial charge in [0.15, 0.2) is 0 Å². The summed E-state index contributed by atoms with van der Waals surface area (Å²) in [5, 5.41) is 0.0843. The van der Waals surface area contributed by atoms with E-state index in [1.165, 1.54) is 0 Å². The number of rotatable bonds is 10. The Morgan fingerprint density at radius 2 is 1.97 bits per heavy atom. The lowest BCUT2D eigenvalue weighted by Gasteiger charge is -2.26. The molecule has 2 fully saturated rings. The highest BCUT2D eigenvalue weighted by Crippen LogP contribution is 2.32. The summed E-state index contributed by atoms with van der Waals surface area (Å²) in [5.41, 5.74) is 1.49. The quantitative estimate of drug-likeness (QED) is 0.544. The fraction of sp³-hybridized carbons (Fsp3) is 0.583. The van der Waals surface area contributed by atoms with E-state index in [0.29, 0.717) is 19.6 Å². The van der Waals surface area contributed by atoms with Crippen molar-refractivity contribution in [2.24, 2.45) is 11.8 Å². The van der Waals surface area contributed by atoms with E-state index >= 15 is 0 Å². The van der Waals surface area contributed by atoms with Crippen LogP contribution in [0, 0.1) is 11.8 Å². The molecule has 8 heteroatoms. The van der Waals surface area contributed by atoms with Gasteiger partial charge < -0.3 is 14.2 Å². The molecule has 0 unspecified atom stereocenters. The van der Waals surface area contributed by atoms with Crippen LogP contribution in [0.25, 0.3) is 0 Å². The van der Waals surface area contributed by atoms with Gasteiger partial charge in [0, 0.05) is 25.6 Å². The summed E-state index contributed by atoms with van der Waals surface area (Å²) in [5.74, 6) is 0.383. The summed E-state index contributed by atoms with van der Waals surface area (Å²) in [6.07, 6.45) is 5.52. The van der Waals surface area contributed by atoms with Gasteiger partial charge in [-0.15, -0.1) is 0 Å². The van der Waals surface area contributed by atoms with Crippen molar-refractivity contribution < 1.29 is 17.9 Å². The maximum Gasteiger partial charge on any atom is 0.228 e. The number of benzene rings is 1. The van der Waals surface area contributed by atoms with Crippen LogP contribution in [-0.4, -0.2) is 48.0 Å². The average molecular weight is 460 g/mol. The topological polar surface area (TPSA) is 81.5 Å². The molecule has 1 saturated carbocycles. The molecule has 0 spiro atoms. The van der Waals surface area contributed by atoms with Gasteiger partial charge in [-0.1, -0.05) is 44.2 Å². The number of carbonyl (C=O) groups excluding carboxylic acids is 1. The predicted octanol–water partition coefficient (Wildman–Crippen LogP) is 3.43. The Labute approximate surface area is 190 Å². The molecule has 1 aliphatic carbocycles. The van der Waals surface area contributed by atoms with Crippen LogP contribution in [0.5, 0.6) is 0 Å². The van der Waals surface area contributed by atoms with Crippen LogP contribution in [0.2, 0.25) is 0 Å². The first-order chi connectivity index (χ1) is 15.3. The van der Waals surface area contributed by atoms with Crippen molar-refractivity contribution in [3.63, 3.8) is 0 Å². The van der Waals surface area contributed by atoms with Gasteiger partial charge in [0.05, 0.1) is 30.3 Å². The molecule has 32 heavy (non-hydrogen) atoms. The molecule has 0 radical (unpaired) electrons. The van der Waals surface area contributed by atoms with Crippen molar-refractivity contribution in [1.29, 1.82) is 0 Å². The van der Waals surface area contributed by atoms with Crippen molar-refractivity contribution in [2.45, 2.75) is 69.6 Å². The maximum atomic E-state index is 13.2. The minimum absolute atomic E-state index is 0.0560. The highest BCUT2D eigenvalue weighted by molar-refractivity contribution is 7.90. The van der Waals surface area contributed by atoms with E-state index in [9.17, 15) is 13.2 Å². The molecule has 1 aromatic carbocycles. The molecule has 174 valence electrons. The number of sulfone groups is 1. The Morgan fingerprint density at radius 1 is 1.22 bits per heavy atom. The van der Waals surface area contributed by atoms with E-state index in [1.807, 2.05) is 35.2 Å². The molecule has 1 aliphatic heterocycles. The zero-order chi connectivity index (χ0) is 22.7. The lowest BCUT2D eigenvalue weighted by atomic mass is 10.2. The lowest BCUT2D eigenvalue weighted by molar-refractivity contribution is -0.134. The third-order valence-electron chi connectivity index (χ3n) is 5.97. The molecular weight excluding hydrogens is 426 g/mol. The minimum Gasteiger partial charge on any atom is -0.376 e. The largest absolute Gasteiger partial charge is 0.376 e. The number of amides is 1. The van der Waals surface area contributed by atoms with Crippen molar-refractivity contribution in [1.82, 2.24) is 14.5 Å². The molecule has 7 nitrogen and oxygen atoms in total. The van der Waals surface area contributed by atoms with Crippen LogP contribution >= 0.6 is 0 Å².